The van der Waals surface area contributed by atoms with Gasteiger partial charge in [-0.15, -0.1) is 0 Å². The first kappa shape index (κ1) is 16.5. The summed E-state index contributed by atoms with van der Waals surface area (Å²) in [5, 5.41) is 11.5. The minimum absolute atomic E-state index is 0.0910. The third-order valence-corrected chi connectivity index (χ3v) is 3.93. The maximum Gasteiger partial charge on any atom is 0.333 e. The quantitative estimate of drug-likeness (QED) is 0.597. The molecule has 0 aliphatic carbocycles. The third kappa shape index (κ3) is 3.88. The monoisotopic (exact) mass is 307 g/mol. The average Bonchev–Trinajstić information content (AvgIpc) is 2.73. The molecular formula is C16H25N3O3. The van der Waals surface area contributed by atoms with Crippen molar-refractivity contribution < 1.29 is 9.66 Å². The van der Waals surface area contributed by atoms with Crippen LogP contribution in [0.5, 0.6) is 5.75 Å². The second kappa shape index (κ2) is 7.98. The van der Waals surface area contributed by atoms with Gasteiger partial charge >= 0.3 is 5.69 Å². The lowest BCUT2D eigenvalue weighted by molar-refractivity contribution is -0.385. The van der Waals surface area contributed by atoms with Crippen molar-refractivity contribution in [3.05, 3.63) is 28.3 Å². The molecule has 1 saturated heterocycles. The zero-order chi connectivity index (χ0) is 15.9. The molecular weight excluding hydrogens is 282 g/mol. The van der Waals surface area contributed by atoms with E-state index in [1.165, 1.54) is 0 Å². The summed E-state index contributed by atoms with van der Waals surface area (Å²) in [4.78, 5) is 15.7. The van der Waals surface area contributed by atoms with Crippen LogP contribution in [0.4, 0.5) is 11.4 Å². The molecule has 1 aromatic rings. The van der Waals surface area contributed by atoms with Crippen molar-refractivity contribution in [2.24, 2.45) is 0 Å². The van der Waals surface area contributed by atoms with Gasteiger partial charge in [-0.1, -0.05) is 13.0 Å². The van der Waals surface area contributed by atoms with Crippen molar-refractivity contribution in [1.29, 1.82) is 0 Å². The summed E-state index contributed by atoms with van der Waals surface area (Å²) in [5.41, 5.74) is 0.766. The molecule has 0 unspecified atom stereocenters. The highest BCUT2D eigenvalue weighted by Crippen LogP contribution is 2.37. The van der Waals surface area contributed by atoms with E-state index in [0.29, 0.717) is 18.0 Å². The summed E-state index contributed by atoms with van der Waals surface area (Å²) in [7, 11) is 0. The van der Waals surface area contributed by atoms with Gasteiger partial charge in [-0.05, 0) is 45.0 Å². The van der Waals surface area contributed by atoms with Crippen LogP contribution in [0.2, 0.25) is 0 Å². The minimum Gasteiger partial charge on any atom is -0.487 e. The van der Waals surface area contributed by atoms with Gasteiger partial charge in [-0.3, -0.25) is 10.1 Å². The average molecular weight is 307 g/mol. The largest absolute Gasteiger partial charge is 0.487 e. The summed E-state index contributed by atoms with van der Waals surface area (Å²) in [6.07, 6.45) is 2.16. The van der Waals surface area contributed by atoms with Crippen LogP contribution in [0, 0.1) is 10.1 Å². The number of para-hydroxylation sites is 1. The third-order valence-electron chi connectivity index (χ3n) is 3.93. The minimum atomic E-state index is -0.324. The number of ether oxygens (including phenoxy) is 1. The van der Waals surface area contributed by atoms with Crippen LogP contribution >= 0.6 is 0 Å². The number of nitro groups is 1. The van der Waals surface area contributed by atoms with E-state index < -0.39 is 0 Å². The Morgan fingerprint density at radius 3 is 2.73 bits per heavy atom. The number of nitrogens with zero attached hydrogens (tertiary/aromatic N) is 3. The molecule has 1 aliphatic rings. The molecule has 1 aromatic carbocycles. The number of rotatable bonds is 6. The van der Waals surface area contributed by atoms with Crippen LogP contribution in [-0.4, -0.2) is 49.2 Å². The Kier molecular flexibility index (Phi) is 6.00. The van der Waals surface area contributed by atoms with Gasteiger partial charge < -0.3 is 14.5 Å². The fourth-order valence-corrected chi connectivity index (χ4v) is 2.97. The zero-order valence-corrected chi connectivity index (χ0v) is 13.5. The van der Waals surface area contributed by atoms with Crippen LogP contribution in [0.15, 0.2) is 18.2 Å². The molecule has 22 heavy (non-hydrogen) atoms. The SMILES string of the molecule is CCCN1CCCN(c2cccc(OCC)c2[N+](=O)[O-])CC1. The van der Waals surface area contributed by atoms with Gasteiger partial charge in [0, 0.05) is 19.6 Å². The molecule has 0 aromatic heterocycles. The van der Waals surface area contributed by atoms with E-state index in [9.17, 15) is 10.1 Å². The van der Waals surface area contributed by atoms with Crippen molar-refractivity contribution in [3.63, 3.8) is 0 Å². The van der Waals surface area contributed by atoms with Gasteiger partial charge in [0.1, 0.15) is 5.69 Å². The lowest BCUT2D eigenvalue weighted by Gasteiger charge is -2.23. The molecule has 1 fully saturated rings. The molecule has 2 rings (SSSR count). The zero-order valence-electron chi connectivity index (χ0n) is 13.5. The van der Waals surface area contributed by atoms with Crippen LogP contribution in [0.1, 0.15) is 26.7 Å². The van der Waals surface area contributed by atoms with E-state index >= 15 is 0 Å². The number of hydrogen-bond donors (Lipinski definition) is 0. The summed E-state index contributed by atoms with van der Waals surface area (Å²) in [6, 6.07) is 5.34. The van der Waals surface area contributed by atoms with E-state index in [4.69, 9.17) is 4.74 Å². The lowest BCUT2D eigenvalue weighted by atomic mass is 10.2. The Bertz CT molecular complexity index is 507. The second-order valence-corrected chi connectivity index (χ2v) is 5.50. The molecule has 0 spiro atoms. The molecule has 0 saturated carbocycles. The van der Waals surface area contributed by atoms with Crippen molar-refractivity contribution in [2.45, 2.75) is 26.7 Å². The van der Waals surface area contributed by atoms with Crippen LogP contribution < -0.4 is 9.64 Å². The molecule has 1 heterocycles. The predicted octanol–water partition coefficient (Wildman–Crippen LogP) is 2.92. The number of nitro benzene ring substituents is 1. The first-order valence-corrected chi connectivity index (χ1v) is 8.04. The molecule has 0 bridgehead atoms. The van der Waals surface area contributed by atoms with Crippen LogP contribution in [0.3, 0.4) is 0 Å². The van der Waals surface area contributed by atoms with Gasteiger partial charge in [0.15, 0.2) is 5.75 Å². The Morgan fingerprint density at radius 1 is 1.23 bits per heavy atom. The van der Waals surface area contributed by atoms with Gasteiger partial charge in [0.2, 0.25) is 0 Å². The van der Waals surface area contributed by atoms with Crippen molar-refractivity contribution in [1.82, 2.24) is 4.90 Å². The molecule has 1 aliphatic heterocycles. The number of anilines is 1. The number of hydrogen-bond acceptors (Lipinski definition) is 5. The predicted molar refractivity (Wildman–Crippen MR) is 87.8 cm³/mol. The Hall–Kier alpha value is -1.82. The molecule has 122 valence electrons. The van der Waals surface area contributed by atoms with E-state index in [-0.39, 0.29) is 10.6 Å². The highest BCUT2D eigenvalue weighted by Gasteiger charge is 2.26. The van der Waals surface area contributed by atoms with Gasteiger partial charge in [0.05, 0.1) is 11.5 Å². The topological polar surface area (TPSA) is 58.8 Å². The summed E-state index contributed by atoms with van der Waals surface area (Å²) in [6.45, 7) is 9.20. The number of benzene rings is 1. The molecule has 6 nitrogen and oxygen atoms in total. The van der Waals surface area contributed by atoms with E-state index in [1.54, 1.807) is 6.07 Å². The first-order chi connectivity index (χ1) is 10.7. The molecule has 0 atom stereocenters. The van der Waals surface area contributed by atoms with Crippen LogP contribution in [-0.2, 0) is 0 Å². The van der Waals surface area contributed by atoms with Gasteiger partial charge in [0.25, 0.3) is 0 Å². The van der Waals surface area contributed by atoms with E-state index in [2.05, 4.69) is 16.7 Å². The highest BCUT2D eigenvalue weighted by atomic mass is 16.6. The molecule has 0 amide bonds. The summed E-state index contributed by atoms with van der Waals surface area (Å²) < 4.78 is 5.44. The van der Waals surface area contributed by atoms with Crippen molar-refractivity contribution >= 4 is 11.4 Å². The standard InChI is InChI=1S/C16H25N3O3/c1-3-9-17-10-6-11-18(13-12-17)14-7-5-8-15(22-4-2)16(14)19(20)21/h5,7-8H,3-4,6,9-13H2,1-2H3. The molecule has 6 heteroatoms. The Morgan fingerprint density at radius 2 is 2.05 bits per heavy atom. The molecule has 0 N–H and O–H groups in total. The Balaban J connectivity index is 2.24. The van der Waals surface area contributed by atoms with Gasteiger partial charge in [-0.2, -0.15) is 0 Å². The highest BCUT2D eigenvalue weighted by molar-refractivity contribution is 5.69. The summed E-state index contributed by atoms with van der Waals surface area (Å²) in [5.74, 6) is 0.361. The summed E-state index contributed by atoms with van der Waals surface area (Å²) >= 11 is 0. The van der Waals surface area contributed by atoms with Gasteiger partial charge in [-0.25, -0.2) is 0 Å². The maximum atomic E-state index is 11.5. The maximum absolute atomic E-state index is 11.5. The molecule has 0 radical (unpaired) electrons. The Labute approximate surface area is 131 Å². The lowest BCUT2D eigenvalue weighted by Crippen LogP contribution is -2.31. The normalized spacial score (nSPS) is 16.4. The van der Waals surface area contributed by atoms with Crippen molar-refractivity contribution in [2.75, 3.05) is 44.2 Å². The van der Waals surface area contributed by atoms with E-state index in [0.717, 1.165) is 45.6 Å². The second-order valence-electron chi connectivity index (χ2n) is 5.50. The fourth-order valence-electron chi connectivity index (χ4n) is 2.97. The van der Waals surface area contributed by atoms with Crippen molar-refractivity contribution in [3.8, 4) is 5.75 Å². The van der Waals surface area contributed by atoms with Crippen LogP contribution in [0.25, 0.3) is 0 Å². The fraction of sp³-hybridized carbons (Fsp3) is 0.625. The first-order valence-electron chi connectivity index (χ1n) is 8.04. The van der Waals surface area contributed by atoms with E-state index in [1.807, 2.05) is 19.1 Å². The smallest absolute Gasteiger partial charge is 0.333 e.